The summed E-state index contributed by atoms with van der Waals surface area (Å²) in [6.45, 7) is 0. The molecule has 2 nitrogen and oxygen atoms in total. The molecule has 0 spiro atoms. The molecule has 2 rings (SSSR count). The van der Waals surface area contributed by atoms with Gasteiger partial charge < -0.3 is 0 Å². The fourth-order valence-corrected chi connectivity index (χ4v) is 3.54. The molecular weight excluding hydrogens is 410 g/mol. The number of nitrogens with two attached hydrogens (primary N) is 1. The van der Waals surface area contributed by atoms with Crippen molar-refractivity contribution in [2.75, 3.05) is 0 Å². The second kappa shape index (κ2) is 7.00. The molecule has 2 aromatic rings. The van der Waals surface area contributed by atoms with Crippen LogP contribution in [-0.2, 0) is 6.42 Å². The topological polar surface area (TPSA) is 38.0 Å². The molecule has 0 aliphatic heterocycles. The van der Waals surface area contributed by atoms with Gasteiger partial charge in [0.25, 0.3) is 0 Å². The van der Waals surface area contributed by atoms with Gasteiger partial charge in [-0.25, -0.2) is 4.39 Å². The van der Waals surface area contributed by atoms with Gasteiger partial charge in [0.2, 0.25) is 0 Å². The van der Waals surface area contributed by atoms with Crippen molar-refractivity contribution in [3.05, 3.63) is 67.3 Å². The minimum absolute atomic E-state index is 0.244. The van der Waals surface area contributed by atoms with Gasteiger partial charge in [0.05, 0.1) is 6.04 Å². The Kier molecular flexibility index (Phi) is 5.57. The summed E-state index contributed by atoms with van der Waals surface area (Å²) in [5.41, 5.74) is 4.10. The largest absolute Gasteiger partial charge is 0.271 e. The molecule has 0 amide bonds. The molecule has 0 saturated carbocycles. The summed E-state index contributed by atoms with van der Waals surface area (Å²) in [6.07, 6.45) is 0.363. The van der Waals surface area contributed by atoms with Crippen molar-refractivity contribution in [3.63, 3.8) is 0 Å². The Morgan fingerprint density at radius 1 is 1.25 bits per heavy atom. The lowest BCUT2D eigenvalue weighted by Crippen LogP contribution is -2.30. The first-order chi connectivity index (χ1) is 9.52. The normalized spacial score (nSPS) is 12.4. The van der Waals surface area contributed by atoms with Crippen LogP contribution in [0.25, 0.3) is 0 Å². The molecule has 0 fully saturated rings. The van der Waals surface area contributed by atoms with E-state index in [-0.39, 0.29) is 11.9 Å². The molecule has 0 aliphatic rings. The zero-order chi connectivity index (χ0) is 14.7. The van der Waals surface area contributed by atoms with Gasteiger partial charge in [0, 0.05) is 19.5 Å². The smallest absolute Gasteiger partial charge is 0.127 e. The number of halogens is 4. The highest BCUT2D eigenvalue weighted by Crippen LogP contribution is 2.31. The van der Waals surface area contributed by atoms with Gasteiger partial charge in [-0.3, -0.25) is 11.3 Å². The number of hydrogen-bond donors (Lipinski definition) is 2. The number of benzene rings is 2. The van der Waals surface area contributed by atoms with Crippen LogP contribution >= 0.6 is 43.5 Å². The minimum Gasteiger partial charge on any atom is -0.271 e. The van der Waals surface area contributed by atoms with Crippen LogP contribution in [0.1, 0.15) is 17.2 Å². The molecule has 20 heavy (non-hydrogen) atoms. The van der Waals surface area contributed by atoms with Crippen LogP contribution < -0.4 is 11.3 Å². The van der Waals surface area contributed by atoms with Crippen LogP contribution in [0.15, 0.2) is 45.3 Å². The summed E-state index contributed by atoms with van der Waals surface area (Å²) in [5, 5.41) is 0.401. The average molecular weight is 423 g/mol. The molecule has 0 bridgehead atoms. The highest BCUT2D eigenvalue weighted by atomic mass is 79.9. The summed E-state index contributed by atoms with van der Waals surface area (Å²) in [6, 6.07) is 10.2. The highest BCUT2D eigenvalue weighted by molar-refractivity contribution is 9.11. The van der Waals surface area contributed by atoms with Crippen molar-refractivity contribution in [2.24, 2.45) is 5.84 Å². The van der Waals surface area contributed by atoms with Gasteiger partial charge in [-0.05, 0) is 36.2 Å². The fraction of sp³-hybridized carbons (Fsp3) is 0.143. The molecule has 6 heteroatoms. The number of nitrogens with one attached hydrogen (secondary N) is 1. The number of hydrazine groups is 1. The van der Waals surface area contributed by atoms with E-state index < -0.39 is 0 Å². The second-order valence-corrected chi connectivity index (χ2v) is 6.47. The second-order valence-electron chi connectivity index (χ2n) is 4.29. The van der Waals surface area contributed by atoms with Gasteiger partial charge in [-0.15, -0.1) is 0 Å². The number of hydrogen-bond acceptors (Lipinski definition) is 2. The molecule has 0 aliphatic carbocycles. The molecule has 0 saturated heterocycles. The van der Waals surface area contributed by atoms with Crippen LogP contribution in [0, 0.1) is 5.82 Å². The molecule has 0 aromatic heterocycles. The molecule has 106 valence electrons. The fourth-order valence-electron chi connectivity index (χ4n) is 1.97. The Labute approximate surface area is 138 Å². The Balaban J connectivity index is 2.34. The van der Waals surface area contributed by atoms with E-state index in [4.69, 9.17) is 17.4 Å². The zero-order valence-electron chi connectivity index (χ0n) is 10.3. The molecule has 1 atom stereocenters. The van der Waals surface area contributed by atoms with E-state index in [1.807, 2.05) is 18.2 Å². The predicted octanol–water partition coefficient (Wildman–Crippen LogP) is 4.75. The third-order valence-corrected chi connectivity index (χ3v) is 4.54. The summed E-state index contributed by atoms with van der Waals surface area (Å²) < 4.78 is 15.7. The van der Waals surface area contributed by atoms with Gasteiger partial charge in [0.15, 0.2) is 0 Å². The molecule has 3 N–H and O–H groups in total. The Hall–Kier alpha value is -0.460. The summed E-state index contributed by atoms with van der Waals surface area (Å²) in [4.78, 5) is 0. The van der Waals surface area contributed by atoms with E-state index in [2.05, 4.69) is 37.3 Å². The lowest BCUT2D eigenvalue weighted by molar-refractivity contribution is 0.528. The molecule has 0 radical (unpaired) electrons. The van der Waals surface area contributed by atoms with E-state index in [0.29, 0.717) is 17.0 Å². The van der Waals surface area contributed by atoms with E-state index in [9.17, 15) is 4.39 Å². The monoisotopic (exact) mass is 420 g/mol. The third kappa shape index (κ3) is 3.59. The van der Waals surface area contributed by atoms with Crippen molar-refractivity contribution < 1.29 is 4.39 Å². The first-order valence-electron chi connectivity index (χ1n) is 5.87. The first kappa shape index (κ1) is 15.9. The van der Waals surface area contributed by atoms with E-state index in [0.717, 1.165) is 14.5 Å². The van der Waals surface area contributed by atoms with Gasteiger partial charge in [-0.2, -0.15) is 0 Å². The SMILES string of the molecule is NNC(Cc1c(F)cccc1Cl)c1ccc(Br)cc1Br. The van der Waals surface area contributed by atoms with Crippen LogP contribution in [0.3, 0.4) is 0 Å². The van der Waals surface area contributed by atoms with Crippen LogP contribution in [-0.4, -0.2) is 0 Å². The molecule has 0 heterocycles. The first-order valence-corrected chi connectivity index (χ1v) is 7.83. The van der Waals surface area contributed by atoms with Gasteiger partial charge in [0.1, 0.15) is 5.82 Å². The summed E-state index contributed by atoms with van der Waals surface area (Å²) in [5.74, 6) is 5.28. The van der Waals surface area contributed by atoms with Gasteiger partial charge in [-0.1, -0.05) is 55.6 Å². The van der Waals surface area contributed by atoms with Gasteiger partial charge >= 0.3 is 0 Å². The highest BCUT2D eigenvalue weighted by Gasteiger charge is 2.17. The molecular formula is C14H12Br2ClFN2. The van der Waals surface area contributed by atoms with Crippen molar-refractivity contribution >= 4 is 43.5 Å². The minimum atomic E-state index is -0.328. The predicted molar refractivity (Wildman–Crippen MR) is 87.0 cm³/mol. The Morgan fingerprint density at radius 2 is 2.00 bits per heavy atom. The van der Waals surface area contributed by atoms with Crippen molar-refractivity contribution in [2.45, 2.75) is 12.5 Å². The maximum Gasteiger partial charge on any atom is 0.127 e. The average Bonchev–Trinajstić information content (AvgIpc) is 2.40. The number of rotatable bonds is 4. The maximum atomic E-state index is 13.9. The maximum absolute atomic E-state index is 13.9. The third-order valence-electron chi connectivity index (χ3n) is 3.01. The van der Waals surface area contributed by atoms with Crippen LogP contribution in [0.4, 0.5) is 4.39 Å². The lowest BCUT2D eigenvalue weighted by Gasteiger charge is -2.19. The summed E-state index contributed by atoms with van der Waals surface area (Å²) >= 11 is 12.9. The van der Waals surface area contributed by atoms with Crippen LogP contribution in [0.5, 0.6) is 0 Å². The van der Waals surface area contributed by atoms with Crippen molar-refractivity contribution in [3.8, 4) is 0 Å². The van der Waals surface area contributed by atoms with E-state index in [1.54, 1.807) is 12.1 Å². The summed E-state index contributed by atoms with van der Waals surface area (Å²) in [7, 11) is 0. The van der Waals surface area contributed by atoms with E-state index in [1.165, 1.54) is 6.07 Å². The lowest BCUT2D eigenvalue weighted by atomic mass is 9.99. The molecule has 1 unspecified atom stereocenters. The standard InChI is InChI=1S/C14H12Br2ClFN2/c15-8-4-5-9(11(16)6-8)14(20-19)7-10-12(17)2-1-3-13(10)18/h1-6,14,20H,7,19H2. The molecule has 2 aromatic carbocycles. The zero-order valence-corrected chi connectivity index (χ0v) is 14.3. The van der Waals surface area contributed by atoms with Crippen molar-refractivity contribution in [1.29, 1.82) is 0 Å². The van der Waals surface area contributed by atoms with Crippen molar-refractivity contribution in [1.82, 2.24) is 5.43 Å². The van der Waals surface area contributed by atoms with Crippen LogP contribution in [0.2, 0.25) is 5.02 Å². The Morgan fingerprint density at radius 3 is 2.60 bits per heavy atom. The quantitative estimate of drug-likeness (QED) is 0.551. The van der Waals surface area contributed by atoms with E-state index >= 15 is 0 Å². The Bertz CT molecular complexity index is 602.